The van der Waals surface area contributed by atoms with E-state index in [1.165, 1.54) is 16.9 Å². The summed E-state index contributed by atoms with van der Waals surface area (Å²) in [5, 5.41) is 1.91. The van der Waals surface area contributed by atoms with Gasteiger partial charge in [0.1, 0.15) is 6.61 Å². The van der Waals surface area contributed by atoms with E-state index >= 15 is 0 Å². The Balaban J connectivity index is 1.52. The van der Waals surface area contributed by atoms with E-state index in [4.69, 9.17) is 14.2 Å². The van der Waals surface area contributed by atoms with Gasteiger partial charge in [-0.2, -0.15) is 0 Å². The van der Waals surface area contributed by atoms with Crippen LogP contribution in [0.15, 0.2) is 70.7 Å². The Kier molecular flexibility index (Phi) is 5.44. The molecule has 6 heteroatoms. The number of thiophene rings is 1. The third kappa shape index (κ3) is 4.38. The number of nitrogens with zero attached hydrogens (tertiary/aromatic N) is 1. The predicted octanol–water partition coefficient (Wildman–Crippen LogP) is 4.99. The predicted molar refractivity (Wildman–Crippen MR) is 113 cm³/mol. The number of ether oxygens (including phenoxy) is 3. The van der Waals surface area contributed by atoms with Gasteiger partial charge in [0, 0.05) is 0 Å². The third-order valence-electron chi connectivity index (χ3n) is 4.36. The molecular weight excluding hydrogens is 386 g/mol. The van der Waals surface area contributed by atoms with Crippen LogP contribution >= 0.6 is 11.3 Å². The van der Waals surface area contributed by atoms with Gasteiger partial charge in [-0.1, -0.05) is 42.0 Å². The standard InChI is InChI=1S/C23H19NO4S/c1-15-5-7-16(8-6-15)14-27-19-10-9-17(13-20(19)26-2)12-18-23(25)28-22(24-18)21-4-3-11-29-21/h3-13H,14H2,1-2H3. The number of methoxy groups -OCH3 is 1. The quantitative estimate of drug-likeness (QED) is 0.428. The zero-order chi connectivity index (χ0) is 20.2. The zero-order valence-electron chi connectivity index (χ0n) is 16.0. The van der Waals surface area contributed by atoms with Gasteiger partial charge >= 0.3 is 5.97 Å². The minimum absolute atomic E-state index is 0.253. The highest BCUT2D eigenvalue weighted by molar-refractivity contribution is 7.12. The minimum atomic E-state index is -0.466. The number of carbonyl (C=O) groups excluding carboxylic acids is 1. The van der Waals surface area contributed by atoms with Crippen molar-refractivity contribution >= 4 is 29.3 Å². The van der Waals surface area contributed by atoms with Crippen molar-refractivity contribution in [1.29, 1.82) is 0 Å². The van der Waals surface area contributed by atoms with Gasteiger partial charge in [-0.15, -0.1) is 11.3 Å². The van der Waals surface area contributed by atoms with Gasteiger partial charge in [-0.05, 0) is 47.7 Å². The molecule has 0 amide bonds. The van der Waals surface area contributed by atoms with E-state index in [0.717, 1.165) is 16.0 Å². The summed E-state index contributed by atoms with van der Waals surface area (Å²) in [6.07, 6.45) is 1.68. The fourth-order valence-electron chi connectivity index (χ4n) is 2.81. The van der Waals surface area contributed by atoms with Gasteiger partial charge in [0.05, 0.1) is 12.0 Å². The maximum atomic E-state index is 12.1. The average Bonchev–Trinajstić information content (AvgIpc) is 3.38. The molecule has 0 atom stereocenters. The molecule has 146 valence electrons. The third-order valence-corrected chi connectivity index (χ3v) is 5.22. The molecule has 0 aliphatic carbocycles. The smallest absolute Gasteiger partial charge is 0.363 e. The number of rotatable bonds is 6. The normalized spacial score (nSPS) is 14.6. The molecule has 0 saturated carbocycles. The van der Waals surface area contributed by atoms with Gasteiger partial charge in [0.25, 0.3) is 0 Å². The number of esters is 1. The van der Waals surface area contributed by atoms with Crippen molar-refractivity contribution in [3.8, 4) is 11.5 Å². The number of benzene rings is 2. The molecule has 0 fully saturated rings. The zero-order valence-corrected chi connectivity index (χ0v) is 16.9. The van der Waals surface area contributed by atoms with Crippen LogP contribution in [0, 0.1) is 6.92 Å². The molecule has 0 unspecified atom stereocenters. The number of hydrogen-bond donors (Lipinski definition) is 0. The van der Waals surface area contributed by atoms with Crippen LogP contribution in [0.5, 0.6) is 11.5 Å². The Labute approximate surface area is 172 Å². The fraction of sp³-hybridized carbons (Fsp3) is 0.130. The molecule has 29 heavy (non-hydrogen) atoms. The summed E-state index contributed by atoms with van der Waals surface area (Å²) in [5.41, 5.74) is 3.31. The molecule has 1 aromatic heterocycles. The lowest BCUT2D eigenvalue weighted by Gasteiger charge is -2.11. The lowest BCUT2D eigenvalue weighted by molar-refractivity contribution is -0.129. The maximum absolute atomic E-state index is 12.1. The van der Waals surface area contributed by atoms with Crippen LogP contribution in [0.3, 0.4) is 0 Å². The summed E-state index contributed by atoms with van der Waals surface area (Å²) in [4.78, 5) is 17.3. The summed E-state index contributed by atoms with van der Waals surface area (Å²) >= 11 is 1.47. The molecular formula is C23H19NO4S. The van der Waals surface area contributed by atoms with Crippen LogP contribution in [-0.2, 0) is 16.1 Å². The van der Waals surface area contributed by atoms with Gasteiger partial charge in [-0.25, -0.2) is 9.79 Å². The Bertz CT molecular complexity index is 1080. The van der Waals surface area contributed by atoms with E-state index in [0.29, 0.717) is 24.0 Å². The molecule has 2 aromatic carbocycles. The lowest BCUT2D eigenvalue weighted by Crippen LogP contribution is -2.03. The van der Waals surface area contributed by atoms with Crippen LogP contribution < -0.4 is 9.47 Å². The van der Waals surface area contributed by atoms with Crippen molar-refractivity contribution in [3.05, 3.63) is 87.2 Å². The van der Waals surface area contributed by atoms with Crippen molar-refractivity contribution in [1.82, 2.24) is 0 Å². The molecule has 1 aliphatic rings. The second-order valence-corrected chi connectivity index (χ2v) is 7.45. The summed E-state index contributed by atoms with van der Waals surface area (Å²) in [5.74, 6) is 1.08. The molecule has 0 bridgehead atoms. The van der Waals surface area contributed by atoms with Crippen molar-refractivity contribution in [2.24, 2.45) is 4.99 Å². The molecule has 1 aliphatic heterocycles. The summed E-state index contributed by atoms with van der Waals surface area (Å²) in [7, 11) is 1.59. The number of aryl methyl sites for hydroxylation is 1. The van der Waals surface area contributed by atoms with Crippen molar-refractivity contribution in [2.75, 3.05) is 7.11 Å². The average molecular weight is 405 g/mol. The van der Waals surface area contributed by atoms with Gasteiger partial charge in [-0.3, -0.25) is 0 Å². The first-order chi connectivity index (χ1) is 14.1. The molecule has 0 radical (unpaired) electrons. The first-order valence-electron chi connectivity index (χ1n) is 9.05. The van der Waals surface area contributed by atoms with E-state index < -0.39 is 5.97 Å². The van der Waals surface area contributed by atoms with Crippen molar-refractivity contribution < 1.29 is 19.0 Å². The van der Waals surface area contributed by atoms with E-state index in [2.05, 4.69) is 24.0 Å². The summed E-state index contributed by atoms with van der Waals surface area (Å²) in [6, 6.07) is 17.4. The van der Waals surface area contributed by atoms with Gasteiger partial charge in [0.2, 0.25) is 5.90 Å². The van der Waals surface area contributed by atoms with E-state index in [1.54, 1.807) is 13.2 Å². The fourth-order valence-corrected chi connectivity index (χ4v) is 3.46. The second-order valence-electron chi connectivity index (χ2n) is 6.50. The number of aliphatic imine (C=N–C) groups is 1. The Hall–Kier alpha value is -3.38. The van der Waals surface area contributed by atoms with Crippen LogP contribution in [0.1, 0.15) is 21.6 Å². The summed E-state index contributed by atoms with van der Waals surface area (Å²) < 4.78 is 16.6. The first kappa shape index (κ1) is 19.0. The second kappa shape index (κ2) is 8.32. The molecule has 4 rings (SSSR count). The molecule has 0 saturated heterocycles. The van der Waals surface area contributed by atoms with E-state index in [-0.39, 0.29) is 5.70 Å². The van der Waals surface area contributed by atoms with Crippen molar-refractivity contribution in [3.63, 3.8) is 0 Å². The Morgan fingerprint density at radius 1 is 1.10 bits per heavy atom. The number of carbonyl (C=O) groups is 1. The van der Waals surface area contributed by atoms with Gasteiger partial charge in [0.15, 0.2) is 17.2 Å². The minimum Gasteiger partial charge on any atom is -0.493 e. The Morgan fingerprint density at radius 2 is 1.93 bits per heavy atom. The highest BCUT2D eigenvalue weighted by Crippen LogP contribution is 2.30. The maximum Gasteiger partial charge on any atom is 0.363 e. The number of cyclic esters (lactones) is 1. The molecule has 3 aromatic rings. The largest absolute Gasteiger partial charge is 0.493 e. The first-order valence-corrected chi connectivity index (χ1v) is 9.93. The molecule has 0 spiro atoms. The van der Waals surface area contributed by atoms with Crippen LogP contribution in [0.2, 0.25) is 0 Å². The SMILES string of the molecule is COc1cc(C=C2N=C(c3cccs3)OC2=O)ccc1OCc1ccc(C)cc1. The van der Waals surface area contributed by atoms with Crippen molar-refractivity contribution in [2.45, 2.75) is 13.5 Å². The highest BCUT2D eigenvalue weighted by atomic mass is 32.1. The molecule has 5 nitrogen and oxygen atoms in total. The summed E-state index contributed by atoms with van der Waals surface area (Å²) in [6.45, 7) is 2.49. The topological polar surface area (TPSA) is 57.1 Å². The van der Waals surface area contributed by atoms with Crippen LogP contribution in [0.25, 0.3) is 6.08 Å². The number of hydrogen-bond acceptors (Lipinski definition) is 6. The lowest BCUT2D eigenvalue weighted by atomic mass is 10.1. The highest BCUT2D eigenvalue weighted by Gasteiger charge is 2.24. The Morgan fingerprint density at radius 3 is 2.66 bits per heavy atom. The van der Waals surface area contributed by atoms with E-state index in [1.807, 2.05) is 47.8 Å². The van der Waals surface area contributed by atoms with Crippen LogP contribution in [-0.4, -0.2) is 19.0 Å². The van der Waals surface area contributed by atoms with E-state index in [9.17, 15) is 4.79 Å². The van der Waals surface area contributed by atoms with Crippen LogP contribution in [0.4, 0.5) is 0 Å². The molecule has 2 heterocycles. The molecule has 0 N–H and O–H groups in total. The van der Waals surface area contributed by atoms with Gasteiger partial charge < -0.3 is 14.2 Å². The monoisotopic (exact) mass is 405 g/mol.